The summed E-state index contributed by atoms with van der Waals surface area (Å²) < 4.78 is 0. The van der Waals surface area contributed by atoms with Crippen molar-refractivity contribution in [2.24, 2.45) is 0 Å². The first-order valence-corrected chi connectivity index (χ1v) is 5.59. The number of rotatable bonds is 5. The van der Waals surface area contributed by atoms with Crippen molar-refractivity contribution in [1.82, 2.24) is 10.2 Å². The topological polar surface area (TPSA) is 52.6 Å². The molecule has 1 aliphatic rings. The highest BCUT2D eigenvalue weighted by molar-refractivity contribution is 5.79. The van der Waals surface area contributed by atoms with Crippen molar-refractivity contribution in [3.05, 3.63) is 0 Å². The molecule has 88 valence electrons. The molecule has 1 amide bonds. The quantitative estimate of drug-likeness (QED) is 0.694. The third-order valence-corrected chi connectivity index (χ3v) is 2.42. The SMILES string of the molecule is CC(C)(C)NCC(=O)N(CCO)C1CC1. The van der Waals surface area contributed by atoms with E-state index < -0.39 is 0 Å². The molecule has 1 aliphatic carbocycles. The first kappa shape index (κ1) is 12.5. The first-order valence-electron chi connectivity index (χ1n) is 5.59. The van der Waals surface area contributed by atoms with Crippen LogP contribution in [0.1, 0.15) is 33.6 Å². The predicted octanol–water partition coefficient (Wildman–Crippen LogP) is 0.358. The number of aliphatic hydroxyl groups excluding tert-OH is 1. The highest BCUT2D eigenvalue weighted by Gasteiger charge is 2.32. The Kier molecular flexibility index (Phi) is 4.11. The largest absolute Gasteiger partial charge is 0.395 e. The number of hydrogen-bond donors (Lipinski definition) is 2. The van der Waals surface area contributed by atoms with E-state index in [1.165, 1.54) is 0 Å². The summed E-state index contributed by atoms with van der Waals surface area (Å²) in [6.45, 7) is 6.99. The number of amides is 1. The lowest BCUT2D eigenvalue weighted by molar-refractivity contribution is -0.131. The molecule has 1 saturated carbocycles. The molecule has 4 heteroatoms. The predicted molar refractivity (Wildman–Crippen MR) is 59.6 cm³/mol. The molecule has 1 rings (SSSR count). The van der Waals surface area contributed by atoms with Crippen molar-refractivity contribution in [2.75, 3.05) is 19.7 Å². The molecule has 1 fully saturated rings. The Morgan fingerprint density at radius 2 is 2.07 bits per heavy atom. The van der Waals surface area contributed by atoms with Gasteiger partial charge in [0.25, 0.3) is 0 Å². The minimum absolute atomic E-state index is 0.0376. The zero-order valence-corrected chi connectivity index (χ0v) is 9.92. The van der Waals surface area contributed by atoms with Crippen LogP contribution in [0.4, 0.5) is 0 Å². The third-order valence-electron chi connectivity index (χ3n) is 2.42. The number of nitrogens with one attached hydrogen (secondary N) is 1. The average Bonchev–Trinajstić information content (AvgIpc) is 2.92. The second kappa shape index (κ2) is 4.94. The Balaban J connectivity index is 2.35. The first-order chi connectivity index (χ1) is 6.94. The maximum Gasteiger partial charge on any atom is 0.236 e. The van der Waals surface area contributed by atoms with Crippen LogP contribution in [-0.4, -0.2) is 47.2 Å². The van der Waals surface area contributed by atoms with Gasteiger partial charge in [-0.25, -0.2) is 0 Å². The maximum atomic E-state index is 11.8. The van der Waals surface area contributed by atoms with Gasteiger partial charge in [-0.05, 0) is 33.6 Å². The highest BCUT2D eigenvalue weighted by atomic mass is 16.3. The Morgan fingerprint density at radius 3 is 2.47 bits per heavy atom. The van der Waals surface area contributed by atoms with E-state index in [-0.39, 0.29) is 18.1 Å². The Bertz CT molecular complexity index is 219. The van der Waals surface area contributed by atoms with Gasteiger partial charge >= 0.3 is 0 Å². The molecule has 0 heterocycles. The molecule has 0 aromatic heterocycles. The summed E-state index contributed by atoms with van der Waals surface area (Å²) in [6, 6.07) is 0.381. The molecule has 0 atom stereocenters. The summed E-state index contributed by atoms with van der Waals surface area (Å²) in [7, 11) is 0. The number of carbonyl (C=O) groups is 1. The number of hydrogen-bond acceptors (Lipinski definition) is 3. The molecular formula is C11H22N2O2. The van der Waals surface area contributed by atoms with Gasteiger partial charge in [0.15, 0.2) is 0 Å². The minimum Gasteiger partial charge on any atom is -0.395 e. The van der Waals surface area contributed by atoms with Gasteiger partial charge in [0.2, 0.25) is 5.91 Å². The molecule has 2 N–H and O–H groups in total. The number of nitrogens with zero attached hydrogens (tertiary/aromatic N) is 1. The van der Waals surface area contributed by atoms with Crippen LogP contribution in [0, 0.1) is 0 Å². The summed E-state index contributed by atoms with van der Waals surface area (Å²) in [6.07, 6.45) is 2.17. The van der Waals surface area contributed by atoms with Gasteiger partial charge in [0.1, 0.15) is 0 Å². The van der Waals surface area contributed by atoms with Gasteiger partial charge in [-0.15, -0.1) is 0 Å². The van der Waals surface area contributed by atoms with Crippen molar-refractivity contribution in [3.63, 3.8) is 0 Å². The highest BCUT2D eigenvalue weighted by Crippen LogP contribution is 2.26. The Morgan fingerprint density at radius 1 is 1.47 bits per heavy atom. The molecule has 0 spiro atoms. The summed E-state index contributed by atoms with van der Waals surface area (Å²) in [5.41, 5.74) is -0.0376. The zero-order valence-electron chi connectivity index (χ0n) is 9.92. The fourth-order valence-electron chi connectivity index (χ4n) is 1.45. The van der Waals surface area contributed by atoms with Crippen molar-refractivity contribution < 1.29 is 9.90 Å². The molecular weight excluding hydrogens is 192 g/mol. The van der Waals surface area contributed by atoms with Crippen LogP contribution in [0.2, 0.25) is 0 Å². The monoisotopic (exact) mass is 214 g/mol. The van der Waals surface area contributed by atoms with Crippen molar-refractivity contribution in [1.29, 1.82) is 0 Å². The van der Waals surface area contributed by atoms with E-state index in [4.69, 9.17) is 5.11 Å². The van der Waals surface area contributed by atoms with Gasteiger partial charge < -0.3 is 15.3 Å². The van der Waals surface area contributed by atoms with Gasteiger partial charge in [-0.3, -0.25) is 4.79 Å². The van der Waals surface area contributed by atoms with Crippen LogP contribution in [-0.2, 0) is 4.79 Å². The summed E-state index contributed by atoms with van der Waals surface area (Å²) in [4.78, 5) is 13.6. The number of aliphatic hydroxyl groups is 1. The van der Waals surface area contributed by atoms with Gasteiger partial charge in [-0.2, -0.15) is 0 Å². The molecule has 15 heavy (non-hydrogen) atoms. The van der Waals surface area contributed by atoms with E-state index in [1.54, 1.807) is 4.90 Å². The number of carbonyl (C=O) groups excluding carboxylic acids is 1. The van der Waals surface area contributed by atoms with Crippen molar-refractivity contribution in [2.45, 2.75) is 45.2 Å². The minimum atomic E-state index is -0.0376. The molecule has 4 nitrogen and oxygen atoms in total. The van der Waals surface area contributed by atoms with Crippen molar-refractivity contribution in [3.8, 4) is 0 Å². The average molecular weight is 214 g/mol. The zero-order chi connectivity index (χ0) is 11.5. The van der Waals surface area contributed by atoms with E-state index in [9.17, 15) is 4.79 Å². The lowest BCUT2D eigenvalue weighted by atomic mass is 10.1. The summed E-state index contributed by atoms with van der Waals surface area (Å²) in [5, 5.41) is 12.0. The van der Waals surface area contributed by atoms with Crippen LogP contribution in [0.5, 0.6) is 0 Å². The fourth-order valence-corrected chi connectivity index (χ4v) is 1.45. The fraction of sp³-hybridized carbons (Fsp3) is 0.909. The van der Waals surface area contributed by atoms with Gasteiger partial charge in [0, 0.05) is 18.1 Å². The van der Waals surface area contributed by atoms with Crippen LogP contribution >= 0.6 is 0 Å². The smallest absolute Gasteiger partial charge is 0.236 e. The van der Waals surface area contributed by atoms with Crippen LogP contribution in [0.15, 0.2) is 0 Å². The second-order valence-corrected chi connectivity index (χ2v) is 5.15. The van der Waals surface area contributed by atoms with E-state index in [2.05, 4.69) is 5.32 Å². The van der Waals surface area contributed by atoms with E-state index in [1.807, 2.05) is 20.8 Å². The Labute approximate surface area is 91.6 Å². The standard InChI is InChI=1S/C11H22N2O2/c1-11(2,3)12-8-10(15)13(6-7-14)9-4-5-9/h9,12,14H,4-8H2,1-3H3. The second-order valence-electron chi connectivity index (χ2n) is 5.15. The normalized spacial score (nSPS) is 16.5. The summed E-state index contributed by atoms with van der Waals surface area (Å²) >= 11 is 0. The van der Waals surface area contributed by atoms with Gasteiger partial charge in [-0.1, -0.05) is 0 Å². The molecule has 0 aromatic carbocycles. The van der Waals surface area contributed by atoms with E-state index in [0.29, 0.717) is 19.1 Å². The molecule has 0 aliphatic heterocycles. The lowest BCUT2D eigenvalue weighted by Crippen LogP contribution is -2.46. The molecule has 0 saturated heterocycles. The Hall–Kier alpha value is -0.610. The lowest BCUT2D eigenvalue weighted by Gasteiger charge is -2.25. The van der Waals surface area contributed by atoms with Crippen molar-refractivity contribution >= 4 is 5.91 Å². The van der Waals surface area contributed by atoms with Gasteiger partial charge in [0.05, 0.1) is 13.2 Å². The van der Waals surface area contributed by atoms with Crippen LogP contribution < -0.4 is 5.32 Å². The molecule has 0 bridgehead atoms. The third kappa shape index (κ3) is 4.62. The molecule has 0 unspecified atom stereocenters. The van der Waals surface area contributed by atoms with E-state index >= 15 is 0 Å². The van der Waals surface area contributed by atoms with Crippen LogP contribution in [0.3, 0.4) is 0 Å². The maximum absolute atomic E-state index is 11.8. The molecule has 0 aromatic rings. The summed E-state index contributed by atoms with van der Waals surface area (Å²) in [5.74, 6) is 0.0986. The molecule has 0 radical (unpaired) electrons. The van der Waals surface area contributed by atoms with Crippen LogP contribution in [0.25, 0.3) is 0 Å². The van der Waals surface area contributed by atoms with E-state index in [0.717, 1.165) is 12.8 Å².